The summed E-state index contributed by atoms with van der Waals surface area (Å²) in [7, 11) is 1.82. The maximum Gasteiger partial charge on any atom is 0.340 e. The molecule has 0 unspecified atom stereocenters. The van der Waals surface area contributed by atoms with Crippen LogP contribution >= 0.6 is 0 Å². The van der Waals surface area contributed by atoms with Gasteiger partial charge in [-0.3, -0.25) is 4.79 Å². The number of H-pyrrole nitrogens is 1. The molecule has 0 radical (unpaired) electrons. The number of nitriles is 1. The first-order valence-electron chi connectivity index (χ1n) is 7.54. The normalized spacial score (nSPS) is 11.2. The van der Waals surface area contributed by atoms with Crippen molar-refractivity contribution in [2.75, 3.05) is 6.61 Å². The Hall–Kier alpha value is -3.07. The van der Waals surface area contributed by atoms with Gasteiger partial charge in [-0.15, -0.1) is 0 Å². The van der Waals surface area contributed by atoms with Crippen molar-refractivity contribution >= 4 is 17.8 Å². The van der Waals surface area contributed by atoms with Crippen LogP contribution in [0.1, 0.15) is 44.7 Å². The molecule has 0 fully saturated rings. The first kappa shape index (κ1) is 17.3. The van der Waals surface area contributed by atoms with Gasteiger partial charge in [0.1, 0.15) is 11.6 Å². The number of aryl methyl sites for hydroxylation is 3. The molecule has 0 aliphatic heterocycles. The van der Waals surface area contributed by atoms with Crippen molar-refractivity contribution in [2.24, 2.45) is 7.05 Å². The Kier molecular flexibility index (Phi) is 5.05. The molecule has 0 atom stereocenters. The lowest BCUT2D eigenvalue weighted by molar-refractivity contribution is 0.0523. The van der Waals surface area contributed by atoms with Crippen molar-refractivity contribution in [2.45, 2.75) is 20.8 Å². The Bertz CT molecular complexity index is 863. The van der Waals surface area contributed by atoms with Crippen molar-refractivity contribution in [3.8, 4) is 6.07 Å². The van der Waals surface area contributed by atoms with Crippen LogP contribution in [0, 0.1) is 25.2 Å². The smallest absolute Gasteiger partial charge is 0.340 e. The molecular formula is C18H19N3O3. The van der Waals surface area contributed by atoms with Crippen LogP contribution in [-0.2, 0) is 11.8 Å². The minimum absolute atomic E-state index is 0.0375. The third-order valence-electron chi connectivity index (χ3n) is 3.72. The number of hydrogen-bond donors (Lipinski definition) is 1. The number of carbonyl (C=O) groups is 2. The van der Waals surface area contributed by atoms with Gasteiger partial charge in [0.05, 0.1) is 17.7 Å². The molecule has 6 nitrogen and oxygen atoms in total. The zero-order chi connectivity index (χ0) is 17.9. The molecule has 0 aromatic carbocycles. The molecule has 2 aromatic heterocycles. The third kappa shape index (κ3) is 3.15. The Labute approximate surface area is 140 Å². The molecule has 0 bridgehead atoms. The Morgan fingerprint density at radius 3 is 2.54 bits per heavy atom. The van der Waals surface area contributed by atoms with E-state index < -0.39 is 11.8 Å². The SMILES string of the molecule is CCOC(=O)c1c(C)[nH]c(C)c1C(=O)/C(C#N)=C/c1cccn1C. The predicted molar refractivity (Wildman–Crippen MR) is 89.6 cm³/mol. The molecular weight excluding hydrogens is 306 g/mol. The van der Waals surface area contributed by atoms with Gasteiger partial charge in [0.2, 0.25) is 5.78 Å². The average molecular weight is 325 g/mol. The molecule has 0 saturated carbocycles. The predicted octanol–water partition coefficient (Wildman–Crippen LogP) is 2.94. The second kappa shape index (κ2) is 7.01. The fraction of sp³-hybridized carbons (Fsp3) is 0.278. The number of esters is 1. The van der Waals surface area contributed by atoms with Gasteiger partial charge < -0.3 is 14.3 Å². The van der Waals surface area contributed by atoms with E-state index >= 15 is 0 Å². The van der Waals surface area contributed by atoms with E-state index in [1.54, 1.807) is 31.4 Å². The highest BCUT2D eigenvalue weighted by Gasteiger charge is 2.27. The number of aromatic amines is 1. The third-order valence-corrected chi connectivity index (χ3v) is 3.72. The number of allylic oxidation sites excluding steroid dienone is 1. The number of Topliss-reactive ketones (excluding diaryl/α,β-unsaturated/α-hetero) is 1. The van der Waals surface area contributed by atoms with Crippen molar-refractivity contribution in [3.63, 3.8) is 0 Å². The van der Waals surface area contributed by atoms with Gasteiger partial charge in [-0.2, -0.15) is 5.26 Å². The summed E-state index contributed by atoms with van der Waals surface area (Å²) in [6.45, 7) is 5.30. The molecule has 0 aliphatic rings. The highest BCUT2D eigenvalue weighted by molar-refractivity contribution is 6.19. The van der Waals surface area contributed by atoms with Crippen molar-refractivity contribution < 1.29 is 14.3 Å². The Morgan fingerprint density at radius 2 is 2.00 bits per heavy atom. The second-order valence-electron chi connectivity index (χ2n) is 5.39. The van der Waals surface area contributed by atoms with Crippen LogP contribution in [0.25, 0.3) is 6.08 Å². The topological polar surface area (TPSA) is 87.9 Å². The minimum atomic E-state index is -0.571. The zero-order valence-corrected chi connectivity index (χ0v) is 14.1. The number of ether oxygens (including phenoxy) is 1. The van der Waals surface area contributed by atoms with Gasteiger partial charge in [-0.25, -0.2) is 4.79 Å². The zero-order valence-electron chi connectivity index (χ0n) is 14.1. The quantitative estimate of drug-likeness (QED) is 0.396. The summed E-state index contributed by atoms with van der Waals surface area (Å²) in [5.41, 5.74) is 2.14. The van der Waals surface area contributed by atoms with Crippen LogP contribution in [0.5, 0.6) is 0 Å². The van der Waals surface area contributed by atoms with Crippen LogP contribution in [0.2, 0.25) is 0 Å². The molecule has 0 aliphatic carbocycles. The fourth-order valence-corrected chi connectivity index (χ4v) is 2.58. The standard InChI is InChI=1S/C18H19N3O3/c1-5-24-18(23)16-12(3)20-11(2)15(16)17(22)13(10-19)9-14-7-6-8-21(14)4/h6-9,20H,5H2,1-4H3/b13-9+. The van der Waals surface area contributed by atoms with Crippen LogP contribution in [-0.4, -0.2) is 27.9 Å². The Morgan fingerprint density at radius 1 is 1.33 bits per heavy atom. The van der Waals surface area contributed by atoms with E-state index in [-0.39, 0.29) is 23.3 Å². The van der Waals surface area contributed by atoms with Gasteiger partial charge in [-0.1, -0.05) is 0 Å². The molecule has 24 heavy (non-hydrogen) atoms. The maximum atomic E-state index is 12.8. The molecule has 2 aromatic rings. The van der Waals surface area contributed by atoms with Crippen molar-refractivity contribution in [1.82, 2.24) is 9.55 Å². The number of ketones is 1. The summed E-state index contributed by atoms with van der Waals surface area (Å²) in [6.07, 6.45) is 3.33. The monoisotopic (exact) mass is 325 g/mol. The number of nitrogens with one attached hydrogen (secondary N) is 1. The molecule has 2 rings (SSSR count). The number of carbonyl (C=O) groups excluding carboxylic acids is 2. The molecule has 0 saturated heterocycles. The van der Waals surface area contributed by atoms with Gasteiger partial charge >= 0.3 is 5.97 Å². The first-order valence-corrected chi connectivity index (χ1v) is 7.54. The van der Waals surface area contributed by atoms with Crippen molar-refractivity contribution in [3.05, 3.63) is 52.1 Å². The number of nitrogens with zero attached hydrogens (tertiary/aromatic N) is 2. The summed E-state index contributed by atoms with van der Waals surface area (Å²) >= 11 is 0. The van der Waals surface area contributed by atoms with Crippen LogP contribution in [0.3, 0.4) is 0 Å². The molecule has 6 heteroatoms. The van der Waals surface area contributed by atoms with E-state index in [4.69, 9.17) is 4.74 Å². The van der Waals surface area contributed by atoms with Crippen LogP contribution < -0.4 is 0 Å². The lowest BCUT2D eigenvalue weighted by atomic mass is 9.99. The van der Waals surface area contributed by atoms with E-state index in [2.05, 4.69) is 4.98 Å². The van der Waals surface area contributed by atoms with E-state index in [1.165, 1.54) is 6.08 Å². The largest absolute Gasteiger partial charge is 0.462 e. The summed E-state index contributed by atoms with van der Waals surface area (Å²) in [5.74, 6) is -1.07. The van der Waals surface area contributed by atoms with Gasteiger partial charge in [-0.05, 0) is 39.0 Å². The lowest BCUT2D eigenvalue weighted by Gasteiger charge is -2.05. The molecule has 1 N–H and O–H groups in total. The second-order valence-corrected chi connectivity index (χ2v) is 5.39. The van der Waals surface area contributed by atoms with E-state index in [9.17, 15) is 14.9 Å². The highest BCUT2D eigenvalue weighted by Crippen LogP contribution is 2.23. The van der Waals surface area contributed by atoms with E-state index in [0.717, 1.165) is 5.69 Å². The van der Waals surface area contributed by atoms with E-state index in [0.29, 0.717) is 11.4 Å². The van der Waals surface area contributed by atoms with Gasteiger partial charge in [0.25, 0.3) is 0 Å². The van der Waals surface area contributed by atoms with Crippen LogP contribution in [0.15, 0.2) is 23.9 Å². The highest BCUT2D eigenvalue weighted by atomic mass is 16.5. The minimum Gasteiger partial charge on any atom is -0.462 e. The van der Waals surface area contributed by atoms with Gasteiger partial charge in [0, 0.05) is 30.3 Å². The number of rotatable bonds is 5. The summed E-state index contributed by atoms with van der Waals surface area (Å²) in [5, 5.41) is 9.40. The lowest BCUT2D eigenvalue weighted by Crippen LogP contribution is -2.13. The van der Waals surface area contributed by atoms with Crippen LogP contribution in [0.4, 0.5) is 0 Å². The Balaban J connectivity index is 2.53. The summed E-state index contributed by atoms with van der Waals surface area (Å²) in [4.78, 5) is 28.0. The first-order chi connectivity index (χ1) is 11.4. The average Bonchev–Trinajstić information content (AvgIpc) is 3.06. The maximum absolute atomic E-state index is 12.8. The number of aromatic nitrogens is 2. The molecule has 2 heterocycles. The summed E-state index contributed by atoms with van der Waals surface area (Å²) in [6, 6.07) is 5.55. The van der Waals surface area contributed by atoms with Crippen molar-refractivity contribution in [1.29, 1.82) is 5.26 Å². The van der Waals surface area contributed by atoms with Gasteiger partial charge in [0.15, 0.2) is 0 Å². The number of hydrogen-bond acceptors (Lipinski definition) is 4. The molecule has 0 spiro atoms. The molecule has 0 amide bonds. The summed E-state index contributed by atoms with van der Waals surface area (Å²) < 4.78 is 6.83. The molecule has 124 valence electrons. The van der Waals surface area contributed by atoms with E-state index in [1.807, 2.05) is 25.4 Å². The fourth-order valence-electron chi connectivity index (χ4n) is 2.58.